The van der Waals surface area contributed by atoms with Gasteiger partial charge in [-0.25, -0.2) is 9.48 Å². The van der Waals surface area contributed by atoms with Crippen molar-refractivity contribution in [3.8, 4) is 11.3 Å². The summed E-state index contributed by atoms with van der Waals surface area (Å²) in [4.78, 5) is 27.7. The summed E-state index contributed by atoms with van der Waals surface area (Å²) in [6.07, 6.45) is -1.16. The van der Waals surface area contributed by atoms with Gasteiger partial charge in [0, 0.05) is 28.3 Å². The number of anilines is 3. The lowest BCUT2D eigenvalue weighted by atomic mass is 10.1. The Balaban J connectivity index is 2.17. The molecule has 2 aromatic heterocycles. The Labute approximate surface area is 180 Å². The fourth-order valence-electron chi connectivity index (χ4n) is 3.33. The van der Waals surface area contributed by atoms with Gasteiger partial charge in [0.2, 0.25) is 0 Å². The van der Waals surface area contributed by atoms with E-state index in [0.29, 0.717) is 22.8 Å². The number of aromatic nitrogens is 3. The highest BCUT2D eigenvalue weighted by Crippen LogP contribution is 2.35. The van der Waals surface area contributed by atoms with Crippen LogP contribution in [-0.4, -0.2) is 31.9 Å². The number of nitrogens with one attached hydrogen (secondary N) is 2. The number of nitrogens with two attached hydrogens (primary N) is 1. The Morgan fingerprint density at radius 2 is 1.61 bits per heavy atom. The lowest BCUT2D eigenvalue weighted by Gasteiger charge is -2.23. The Hall–Kier alpha value is -3.88. The molecule has 2 heterocycles. The van der Waals surface area contributed by atoms with E-state index in [1.807, 2.05) is 46.8 Å². The Kier molecular flexibility index (Phi) is 5.70. The predicted molar refractivity (Wildman–Crippen MR) is 120 cm³/mol. The molecular formula is C22H26N6O3. The number of hydrogen-bond acceptors (Lipinski definition) is 5. The lowest BCUT2D eigenvalue weighted by molar-refractivity contribution is 0.100. The van der Waals surface area contributed by atoms with Gasteiger partial charge in [0.1, 0.15) is 17.1 Å². The molecule has 0 saturated carbocycles. The van der Waals surface area contributed by atoms with Gasteiger partial charge in [-0.3, -0.25) is 15.1 Å². The van der Waals surface area contributed by atoms with Gasteiger partial charge >= 0.3 is 6.09 Å². The van der Waals surface area contributed by atoms with Crippen LogP contribution in [0.3, 0.4) is 0 Å². The van der Waals surface area contributed by atoms with E-state index in [-0.39, 0.29) is 5.56 Å². The first-order chi connectivity index (χ1) is 14.5. The molecule has 3 aromatic rings. The van der Waals surface area contributed by atoms with Crippen molar-refractivity contribution >= 4 is 29.2 Å². The average Bonchev–Trinajstić information content (AvgIpc) is 3.00. The standard InChI is InChI=1S/C22H26N6O3/c1-12-10-16(11-13(2)24-12)25-20-17(19(23)29)18(27-28(20)22(3,4)5)14-6-8-15(9-7-14)26-21(30)31/h6-11,26H,1-5H3,(H2,23,29)(H,24,25)(H,30,31). The van der Waals surface area contributed by atoms with Gasteiger partial charge in [0.25, 0.3) is 5.91 Å². The van der Waals surface area contributed by atoms with E-state index >= 15 is 0 Å². The van der Waals surface area contributed by atoms with E-state index in [9.17, 15) is 9.59 Å². The number of pyridine rings is 1. The zero-order valence-electron chi connectivity index (χ0n) is 18.1. The Bertz CT molecular complexity index is 1120. The van der Waals surface area contributed by atoms with Crippen molar-refractivity contribution in [2.24, 2.45) is 5.73 Å². The molecule has 0 radical (unpaired) electrons. The van der Waals surface area contributed by atoms with Gasteiger partial charge in [-0.05, 0) is 58.9 Å². The van der Waals surface area contributed by atoms with Crippen molar-refractivity contribution in [2.75, 3.05) is 10.6 Å². The molecule has 0 aliphatic carbocycles. The molecule has 0 aliphatic rings. The summed E-state index contributed by atoms with van der Waals surface area (Å²) in [5, 5.41) is 19.2. The van der Waals surface area contributed by atoms with Gasteiger partial charge in [-0.2, -0.15) is 5.10 Å². The number of carboxylic acid groups (broad SMARTS) is 1. The highest BCUT2D eigenvalue weighted by atomic mass is 16.4. The molecule has 5 N–H and O–H groups in total. The largest absolute Gasteiger partial charge is 0.465 e. The molecule has 0 aliphatic heterocycles. The summed E-state index contributed by atoms with van der Waals surface area (Å²) in [6.45, 7) is 9.72. The molecule has 0 spiro atoms. The third kappa shape index (κ3) is 4.82. The van der Waals surface area contributed by atoms with E-state index in [4.69, 9.17) is 15.9 Å². The first-order valence-corrected chi connectivity index (χ1v) is 9.71. The fraction of sp³-hybridized carbons (Fsp3) is 0.273. The van der Waals surface area contributed by atoms with Crippen LogP contribution >= 0.6 is 0 Å². The van der Waals surface area contributed by atoms with Crippen molar-refractivity contribution < 1.29 is 14.7 Å². The molecule has 0 bridgehead atoms. The molecule has 0 atom stereocenters. The topological polar surface area (TPSA) is 135 Å². The van der Waals surface area contributed by atoms with Crippen LogP contribution in [0.15, 0.2) is 36.4 Å². The Morgan fingerprint density at radius 1 is 1.03 bits per heavy atom. The van der Waals surface area contributed by atoms with Crippen molar-refractivity contribution in [1.29, 1.82) is 0 Å². The van der Waals surface area contributed by atoms with Crippen LogP contribution in [0.4, 0.5) is 22.0 Å². The minimum absolute atomic E-state index is 0.251. The lowest BCUT2D eigenvalue weighted by Crippen LogP contribution is -2.25. The zero-order valence-corrected chi connectivity index (χ0v) is 18.1. The molecule has 9 nitrogen and oxygen atoms in total. The second-order valence-corrected chi connectivity index (χ2v) is 8.29. The van der Waals surface area contributed by atoms with Gasteiger partial charge in [0.15, 0.2) is 0 Å². The van der Waals surface area contributed by atoms with Crippen molar-refractivity contribution in [3.63, 3.8) is 0 Å². The fourth-order valence-corrected chi connectivity index (χ4v) is 3.33. The SMILES string of the molecule is Cc1cc(Nc2c(C(N)=O)c(-c3ccc(NC(=O)O)cc3)nn2C(C)(C)C)cc(C)n1. The molecule has 0 unspecified atom stereocenters. The minimum atomic E-state index is -1.16. The maximum Gasteiger partial charge on any atom is 0.409 e. The van der Waals surface area contributed by atoms with Crippen LogP contribution in [0.5, 0.6) is 0 Å². The van der Waals surface area contributed by atoms with Crippen molar-refractivity contribution in [2.45, 2.75) is 40.2 Å². The summed E-state index contributed by atoms with van der Waals surface area (Å²) in [5.41, 5.74) is 9.49. The summed E-state index contributed by atoms with van der Waals surface area (Å²) in [7, 11) is 0. The first-order valence-electron chi connectivity index (χ1n) is 9.71. The summed E-state index contributed by atoms with van der Waals surface area (Å²) < 4.78 is 1.73. The number of carbonyl (C=O) groups is 2. The number of nitrogens with zero attached hydrogens (tertiary/aromatic N) is 3. The molecule has 3 rings (SSSR count). The van der Waals surface area contributed by atoms with Crippen LogP contribution < -0.4 is 16.4 Å². The van der Waals surface area contributed by atoms with E-state index in [0.717, 1.165) is 17.1 Å². The van der Waals surface area contributed by atoms with Gasteiger partial charge in [-0.15, -0.1) is 0 Å². The number of primary amides is 1. The van der Waals surface area contributed by atoms with E-state index < -0.39 is 17.5 Å². The number of carbonyl (C=O) groups excluding carboxylic acids is 1. The summed E-state index contributed by atoms with van der Waals surface area (Å²) >= 11 is 0. The Morgan fingerprint density at radius 3 is 2.10 bits per heavy atom. The van der Waals surface area contributed by atoms with Crippen LogP contribution in [0.25, 0.3) is 11.3 Å². The molecule has 1 aromatic carbocycles. The normalized spacial score (nSPS) is 11.3. The third-order valence-corrected chi connectivity index (χ3v) is 4.52. The molecule has 162 valence electrons. The maximum absolute atomic E-state index is 12.5. The van der Waals surface area contributed by atoms with Crippen molar-refractivity contribution in [1.82, 2.24) is 14.8 Å². The third-order valence-electron chi connectivity index (χ3n) is 4.52. The molecule has 0 fully saturated rings. The van der Waals surface area contributed by atoms with Crippen LogP contribution in [0, 0.1) is 13.8 Å². The van der Waals surface area contributed by atoms with Crippen molar-refractivity contribution in [3.05, 3.63) is 53.3 Å². The number of amides is 2. The van der Waals surface area contributed by atoms with Crippen LogP contribution in [-0.2, 0) is 5.54 Å². The van der Waals surface area contributed by atoms with Gasteiger partial charge in [0.05, 0.1) is 5.54 Å². The average molecular weight is 422 g/mol. The highest BCUT2D eigenvalue weighted by Gasteiger charge is 2.29. The predicted octanol–water partition coefficient (Wildman–Crippen LogP) is 4.25. The molecular weight excluding hydrogens is 396 g/mol. The second-order valence-electron chi connectivity index (χ2n) is 8.29. The van der Waals surface area contributed by atoms with E-state index in [1.54, 1.807) is 28.9 Å². The van der Waals surface area contributed by atoms with E-state index in [2.05, 4.69) is 15.6 Å². The quantitative estimate of drug-likeness (QED) is 0.485. The minimum Gasteiger partial charge on any atom is -0.465 e. The first kappa shape index (κ1) is 21.8. The summed E-state index contributed by atoms with van der Waals surface area (Å²) in [6, 6.07) is 10.3. The number of rotatable bonds is 5. The van der Waals surface area contributed by atoms with Gasteiger partial charge in [-0.1, -0.05) is 12.1 Å². The molecule has 0 saturated heterocycles. The second kappa shape index (κ2) is 8.10. The number of benzene rings is 1. The molecule has 9 heteroatoms. The van der Waals surface area contributed by atoms with E-state index in [1.165, 1.54) is 0 Å². The highest BCUT2D eigenvalue weighted by molar-refractivity contribution is 6.04. The van der Waals surface area contributed by atoms with Gasteiger partial charge < -0.3 is 16.2 Å². The monoisotopic (exact) mass is 422 g/mol. The number of hydrogen-bond donors (Lipinski definition) is 4. The molecule has 2 amide bonds. The van der Waals surface area contributed by atoms with Crippen LogP contribution in [0.1, 0.15) is 42.5 Å². The summed E-state index contributed by atoms with van der Waals surface area (Å²) in [5.74, 6) is -0.143. The van der Waals surface area contributed by atoms with Crippen LogP contribution in [0.2, 0.25) is 0 Å². The number of aryl methyl sites for hydroxylation is 2. The maximum atomic E-state index is 12.5. The molecule has 31 heavy (non-hydrogen) atoms. The smallest absolute Gasteiger partial charge is 0.409 e. The zero-order chi connectivity index (χ0) is 22.9.